The monoisotopic (exact) mass is 276 g/mol. The molecular formula is C12H12N4S2. The van der Waals surface area contributed by atoms with Crippen LogP contribution in [-0.4, -0.2) is 14.6 Å². The normalized spacial score (nSPS) is 11.5. The number of nitrogen functional groups attached to an aromatic ring is 1. The molecule has 0 spiro atoms. The Kier molecular flexibility index (Phi) is 2.76. The first-order valence-corrected chi connectivity index (χ1v) is 7.23. The molecule has 0 bridgehead atoms. The fraction of sp³-hybridized carbons (Fsp3) is 0.250. The third-order valence-electron chi connectivity index (χ3n) is 2.67. The first kappa shape index (κ1) is 11.6. The second-order valence-electron chi connectivity index (χ2n) is 4.39. The number of thiazole rings is 1. The van der Waals surface area contributed by atoms with Gasteiger partial charge in [0, 0.05) is 5.69 Å². The van der Waals surface area contributed by atoms with E-state index in [1.807, 2.05) is 18.2 Å². The summed E-state index contributed by atoms with van der Waals surface area (Å²) in [6.07, 6.45) is 0. The van der Waals surface area contributed by atoms with E-state index >= 15 is 0 Å². The lowest BCUT2D eigenvalue weighted by molar-refractivity contribution is 0.814. The third kappa shape index (κ3) is 1.87. The van der Waals surface area contributed by atoms with Crippen LogP contribution in [0.15, 0.2) is 18.2 Å². The van der Waals surface area contributed by atoms with Gasteiger partial charge in [0.25, 0.3) is 0 Å². The quantitative estimate of drug-likeness (QED) is 0.727. The molecular weight excluding hydrogens is 264 g/mol. The Hall–Kier alpha value is -1.53. The van der Waals surface area contributed by atoms with Gasteiger partial charge in [-0.05, 0) is 35.6 Å². The number of nitrogens with zero attached hydrogens (tertiary/aromatic N) is 3. The van der Waals surface area contributed by atoms with Gasteiger partial charge in [0.1, 0.15) is 9.88 Å². The molecule has 4 nitrogen and oxygen atoms in total. The molecule has 1 aromatic carbocycles. The highest BCUT2D eigenvalue weighted by Gasteiger charge is 2.17. The summed E-state index contributed by atoms with van der Waals surface area (Å²) in [6.45, 7) is 4.23. The van der Waals surface area contributed by atoms with Crippen LogP contribution >= 0.6 is 22.9 Å². The Morgan fingerprint density at radius 3 is 2.89 bits per heavy atom. The van der Waals surface area contributed by atoms with Gasteiger partial charge < -0.3 is 5.73 Å². The number of aromatic nitrogens is 3. The smallest absolute Gasteiger partial charge is 0.138 e. The average Bonchev–Trinajstić information content (AvgIpc) is 2.93. The van der Waals surface area contributed by atoms with Crippen LogP contribution in [0.25, 0.3) is 20.1 Å². The summed E-state index contributed by atoms with van der Waals surface area (Å²) in [5.74, 6) is 0.357. The Labute approximate surface area is 113 Å². The summed E-state index contributed by atoms with van der Waals surface area (Å²) in [6, 6.07) is 5.79. The highest BCUT2D eigenvalue weighted by atomic mass is 32.1. The van der Waals surface area contributed by atoms with Crippen molar-refractivity contribution in [3.63, 3.8) is 0 Å². The Morgan fingerprint density at radius 1 is 1.28 bits per heavy atom. The summed E-state index contributed by atoms with van der Waals surface area (Å²) in [5, 5.41) is 5.17. The number of hydrogen-bond donors (Lipinski definition) is 1. The topological polar surface area (TPSA) is 64.7 Å². The Morgan fingerprint density at radius 2 is 2.11 bits per heavy atom. The van der Waals surface area contributed by atoms with E-state index < -0.39 is 0 Å². The zero-order valence-electron chi connectivity index (χ0n) is 10.0. The lowest BCUT2D eigenvalue weighted by atomic mass is 10.1. The summed E-state index contributed by atoms with van der Waals surface area (Å²) >= 11 is 3.05. The fourth-order valence-corrected chi connectivity index (χ4v) is 3.67. The molecule has 92 valence electrons. The molecule has 0 amide bonds. The molecule has 0 radical (unpaired) electrons. The van der Waals surface area contributed by atoms with Crippen molar-refractivity contribution in [1.82, 2.24) is 14.6 Å². The Balaban J connectivity index is 2.16. The molecule has 0 aliphatic carbocycles. The van der Waals surface area contributed by atoms with Gasteiger partial charge in [-0.15, -0.1) is 16.4 Å². The molecule has 0 saturated carbocycles. The van der Waals surface area contributed by atoms with Gasteiger partial charge in [-0.2, -0.15) is 0 Å². The van der Waals surface area contributed by atoms with E-state index in [-0.39, 0.29) is 0 Å². The predicted octanol–water partition coefficient (Wildman–Crippen LogP) is 3.52. The van der Waals surface area contributed by atoms with Crippen molar-refractivity contribution in [3.8, 4) is 9.88 Å². The molecule has 3 aromatic rings. The predicted molar refractivity (Wildman–Crippen MR) is 77.0 cm³/mol. The molecule has 0 fully saturated rings. The van der Waals surface area contributed by atoms with Gasteiger partial charge >= 0.3 is 0 Å². The lowest BCUT2D eigenvalue weighted by Gasteiger charge is -1.99. The maximum absolute atomic E-state index is 5.79. The van der Waals surface area contributed by atoms with E-state index in [0.717, 1.165) is 31.5 Å². The van der Waals surface area contributed by atoms with Crippen LogP contribution in [0.1, 0.15) is 25.5 Å². The highest BCUT2D eigenvalue weighted by Crippen LogP contribution is 2.36. The number of nitrogens with two attached hydrogens (primary N) is 1. The molecule has 0 saturated heterocycles. The van der Waals surface area contributed by atoms with Gasteiger partial charge in [-0.3, -0.25) is 0 Å². The summed E-state index contributed by atoms with van der Waals surface area (Å²) < 4.78 is 5.15. The summed E-state index contributed by atoms with van der Waals surface area (Å²) in [4.78, 5) is 5.71. The van der Waals surface area contributed by atoms with Crippen LogP contribution in [-0.2, 0) is 0 Å². The number of hydrogen-bond acceptors (Lipinski definition) is 6. The van der Waals surface area contributed by atoms with E-state index in [1.165, 1.54) is 11.5 Å². The zero-order chi connectivity index (χ0) is 12.7. The van der Waals surface area contributed by atoms with E-state index in [2.05, 4.69) is 28.4 Å². The van der Waals surface area contributed by atoms with Gasteiger partial charge in [-0.25, -0.2) is 4.98 Å². The molecule has 0 atom stereocenters. The first-order chi connectivity index (χ1) is 8.65. The molecule has 3 rings (SSSR count). The van der Waals surface area contributed by atoms with E-state index in [0.29, 0.717) is 5.92 Å². The number of fused-ring (bicyclic) bond motifs is 1. The standard InChI is InChI=1S/C12H12N4S2/c1-6(2)10-11(18-16-15-10)12-14-8-4-3-7(13)5-9(8)17-12/h3-6H,13H2,1-2H3. The second kappa shape index (κ2) is 4.29. The third-order valence-corrected chi connectivity index (χ3v) is 4.58. The van der Waals surface area contributed by atoms with Gasteiger partial charge in [-0.1, -0.05) is 18.3 Å². The maximum atomic E-state index is 5.79. The molecule has 0 aliphatic heterocycles. The van der Waals surface area contributed by atoms with Crippen molar-refractivity contribution in [2.24, 2.45) is 0 Å². The first-order valence-electron chi connectivity index (χ1n) is 5.64. The Bertz CT molecular complexity index is 699. The minimum absolute atomic E-state index is 0.357. The largest absolute Gasteiger partial charge is 0.399 e. The number of rotatable bonds is 2. The number of anilines is 1. The summed E-state index contributed by atoms with van der Waals surface area (Å²) in [7, 11) is 0. The van der Waals surface area contributed by atoms with Crippen molar-refractivity contribution in [3.05, 3.63) is 23.9 Å². The van der Waals surface area contributed by atoms with Gasteiger partial charge in [0.2, 0.25) is 0 Å². The zero-order valence-corrected chi connectivity index (χ0v) is 11.7. The highest BCUT2D eigenvalue weighted by molar-refractivity contribution is 7.24. The van der Waals surface area contributed by atoms with Crippen LogP contribution in [0.3, 0.4) is 0 Å². The van der Waals surface area contributed by atoms with Crippen LogP contribution in [0.5, 0.6) is 0 Å². The minimum atomic E-state index is 0.357. The lowest BCUT2D eigenvalue weighted by Crippen LogP contribution is -1.90. The van der Waals surface area contributed by atoms with Crippen molar-refractivity contribution in [2.75, 3.05) is 5.73 Å². The molecule has 2 N–H and O–H groups in total. The molecule has 6 heteroatoms. The SMILES string of the molecule is CC(C)c1nnsc1-c1nc2ccc(N)cc2s1. The second-order valence-corrected chi connectivity index (χ2v) is 6.17. The van der Waals surface area contributed by atoms with E-state index in [1.54, 1.807) is 11.3 Å². The molecule has 2 aromatic heterocycles. The fourth-order valence-electron chi connectivity index (χ4n) is 1.76. The van der Waals surface area contributed by atoms with Crippen molar-refractivity contribution in [1.29, 1.82) is 0 Å². The number of benzene rings is 1. The van der Waals surface area contributed by atoms with Crippen molar-refractivity contribution >= 4 is 38.8 Å². The molecule has 0 unspecified atom stereocenters. The summed E-state index contributed by atoms with van der Waals surface area (Å²) in [5.41, 5.74) is 8.55. The van der Waals surface area contributed by atoms with Gasteiger partial charge in [0.15, 0.2) is 0 Å². The van der Waals surface area contributed by atoms with E-state index in [4.69, 9.17) is 5.73 Å². The van der Waals surface area contributed by atoms with Crippen molar-refractivity contribution < 1.29 is 0 Å². The van der Waals surface area contributed by atoms with Gasteiger partial charge in [0.05, 0.1) is 15.9 Å². The average molecular weight is 276 g/mol. The van der Waals surface area contributed by atoms with E-state index in [9.17, 15) is 0 Å². The minimum Gasteiger partial charge on any atom is -0.399 e. The molecule has 18 heavy (non-hydrogen) atoms. The van der Waals surface area contributed by atoms with Crippen LogP contribution < -0.4 is 5.73 Å². The van der Waals surface area contributed by atoms with Crippen LogP contribution in [0, 0.1) is 0 Å². The van der Waals surface area contributed by atoms with Crippen LogP contribution in [0.2, 0.25) is 0 Å². The van der Waals surface area contributed by atoms with Crippen molar-refractivity contribution in [2.45, 2.75) is 19.8 Å². The molecule has 2 heterocycles. The van der Waals surface area contributed by atoms with Crippen LogP contribution in [0.4, 0.5) is 5.69 Å². The maximum Gasteiger partial charge on any atom is 0.138 e. The molecule has 0 aliphatic rings.